The van der Waals surface area contributed by atoms with E-state index in [9.17, 15) is 14.7 Å². The average Bonchev–Trinajstić information content (AvgIpc) is 2.22. The highest BCUT2D eigenvalue weighted by atomic mass is 16.5. The van der Waals surface area contributed by atoms with Crippen molar-refractivity contribution in [1.82, 2.24) is 0 Å². The SMILES string of the molecule is O=COC(Cc1ccc(O)c(O)c1)C(=O)O. The van der Waals surface area contributed by atoms with Crippen LogP contribution in [-0.4, -0.2) is 33.9 Å². The number of rotatable bonds is 5. The van der Waals surface area contributed by atoms with Gasteiger partial charge in [0.2, 0.25) is 6.10 Å². The second-order valence-corrected chi connectivity index (χ2v) is 3.09. The minimum absolute atomic E-state index is 0.0546. The molecule has 0 aromatic heterocycles. The van der Waals surface area contributed by atoms with Crippen LogP contribution >= 0.6 is 0 Å². The van der Waals surface area contributed by atoms with Gasteiger partial charge in [0.1, 0.15) is 0 Å². The van der Waals surface area contributed by atoms with Crippen LogP contribution in [0.4, 0.5) is 0 Å². The highest BCUT2D eigenvalue weighted by molar-refractivity contribution is 5.74. The lowest BCUT2D eigenvalue weighted by molar-refractivity contribution is -0.156. The van der Waals surface area contributed by atoms with E-state index in [0.717, 1.165) is 0 Å². The highest BCUT2D eigenvalue weighted by Gasteiger charge is 2.19. The van der Waals surface area contributed by atoms with E-state index in [1.165, 1.54) is 18.2 Å². The lowest BCUT2D eigenvalue weighted by atomic mass is 10.1. The van der Waals surface area contributed by atoms with Crippen LogP contribution < -0.4 is 0 Å². The van der Waals surface area contributed by atoms with Crippen LogP contribution in [0.2, 0.25) is 0 Å². The van der Waals surface area contributed by atoms with E-state index in [2.05, 4.69) is 4.74 Å². The van der Waals surface area contributed by atoms with Crippen molar-refractivity contribution in [2.45, 2.75) is 12.5 Å². The number of ether oxygens (including phenoxy) is 1. The van der Waals surface area contributed by atoms with Gasteiger partial charge >= 0.3 is 5.97 Å². The van der Waals surface area contributed by atoms with Crippen molar-refractivity contribution < 1.29 is 29.6 Å². The first kappa shape index (κ1) is 11.8. The molecule has 1 aromatic carbocycles. The predicted molar refractivity (Wildman–Crippen MR) is 52.0 cm³/mol. The van der Waals surface area contributed by atoms with E-state index < -0.39 is 12.1 Å². The van der Waals surface area contributed by atoms with Gasteiger partial charge in [0.25, 0.3) is 6.47 Å². The zero-order chi connectivity index (χ0) is 12.1. The van der Waals surface area contributed by atoms with Crippen molar-refractivity contribution in [1.29, 1.82) is 0 Å². The highest BCUT2D eigenvalue weighted by Crippen LogP contribution is 2.25. The first-order chi connectivity index (χ1) is 7.54. The van der Waals surface area contributed by atoms with Crippen LogP contribution in [0.1, 0.15) is 5.56 Å². The fraction of sp³-hybridized carbons (Fsp3) is 0.200. The van der Waals surface area contributed by atoms with Gasteiger partial charge in [-0.1, -0.05) is 6.07 Å². The average molecular weight is 226 g/mol. The van der Waals surface area contributed by atoms with E-state index >= 15 is 0 Å². The largest absolute Gasteiger partial charge is 0.504 e. The fourth-order valence-electron chi connectivity index (χ4n) is 1.17. The normalized spacial score (nSPS) is 11.8. The molecule has 0 aliphatic rings. The van der Waals surface area contributed by atoms with Gasteiger partial charge in [0, 0.05) is 6.42 Å². The van der Waals surface area contributed by atoms with Gasteiger partial charge in [-0.15, -0.1) is 0 Å². The molecule has 1 aromatic rings. The Morgan fingerprint density at radius 2 is 2.06 bits per heavy atom. The monoisotopic (exact) mass is 226 g/mol. The summed E-state index contributed by atoms with van der Waals surface area (Å²) in [6.45, 7) is 0.0546. The minimum Gasteiger partial charge on any atom is -0.504 e. The number of phenolic OH excluding ortho intramolecular Hbond substituents is 2. The topological polar surface area (TPSA) is 104 Å². The number of aliphatic carboxylic acids is 1. The standard InChI is InChI=1S/C10H10O6/c11-5-16-9(10(14)15)4-6-1-2-7(12)8(13)3-6/h1-3,5,9,12-13H,4H2,(H,14,15). The van der Waals surface area contributed by atoms with Gasteiger partial charge < -0.3 is 20.1 Å². The molecule has 6 heteroatoms. The van der Waals surface area contributed by atoms with Crippen LogP contribution in [0.3, 0.4) is 0 Å². The molecule has 0 bridgehead atoms. The smallest absolute Gasteiger partial charge is 0.345 e. The summed E-state index contributed by atoms with van der Waals surface area (Å²) < 4.78 is 4.35. The second-order valence-electron chi connectivity index (χ2n) is 3.09. The number of carboxylic acid groups (broad SMARTS) is 1. The molecular weight excluding hydrogens is 216 g/mol. The molecule has 1 unspecified atom stereocenters. The molecule has 0 aliphatic heterocycles. The Kier molecular flexibility index (Phi) is 3.71. The fourth-order valence-corrected chi connectivity index (χ4v) is 1.17. The van der Waals surface area contributed by atoms with Crippen molar-refractivity contribution >= 4 is 12.4 Å². The van der Waals surface area contributed by atoms with Crippen LogP contribution in [0, 0.1) is 0 Å². The van der Waals surface area contributed by atoms with E-state index in [0.29, 0.717) is 5.56 Å². The minimum atomic E-state index is -1.30. The van der Waals surface area contributed by atoms with Crippen LogP contribution in [0.25, 0.3) is 0 Å². The molecule has 0 heterocycles. The second kappa shape index (κ2) is 5.01. The number of hydrogen-bond acceptors (Lipinski definition) is 5. The van der Waals surface area contributed by atoms with Crippen molar-refractivity contribution in [3.63, 3.8) is 0 Å². The molecule has 86 valence electrons. The maximum atomic E-state index is 10.6. The summed E-state index contributed by atoms with van der Waals surface area (Å²) in [6, 6.07) is 3.86. The van der Waals surface area contributed by atoms with Gasteiger partial charge in [0.15, 0.2) is 11.5 Å². The maximum Gasteiger partial charge on any atom is 0.345 e. The summed E-state index contributed by atoms with van der Waals surface area (Å²) in [5.41, 5.74) is 0.435. The van der Waals surface area contributed by atoms with Crippen LogP contribution in [-0.2, 0) is 20.7 Å². The molecule has 0 radical (unpaired) electrons. The summed E-state index contributed by atoms with van der Waals surface area (Å²) in [4.78, 5) is 20.7. The molecular formula is C10H10O6. The summed E-state index contributed by atoms with van der Waals surface area (Å²) in [5.74, 6) is -1.93. The molecule has 0 spiro atoms. The number of phenols is 2. The van der Waals surface area contributed by atoms with E-state index in [1.54, 1.807) is 0 Å². The van der Waals surface area contributed by atoms with Gasteiger partial charge in [-0.25, -0.2) is 4.79 Å². The summed E-state index contributed by atoms with van der Waals surface area (Å²) in [6.07, 6.45) is -1.39. The Bertz CT molecular complexity index is 400. The summed E-state index contributed by atoms with van der Waals surface area (Å²) >= 11 is 0. The lowest BCUT2D eigenvalue weighted by Gasteiger charge is -2.10. The third-order valence-corrected chi connectivity index (χ3v) is 1.96. The molecule has 16 heavy (non-hydrogen) atoms. The molecule has 0 amide bonds. The van der Waals surface area contributed by atoms with Gasteiger partial charge in [-0.05, 0) is 17.7 Å². The molecule has 0 fully saturated rings. The third kappa shape index (κ3) is 2.88. The maximum absolute atomic E-state index is 10.6. The van der Waals surface area contributed by atoms with E-state index in [4.69, 9.17) is 10.2 Å². The molecule has 6 nitrogen and oxygen atoms in total. The molecule has 1 rings (SSSR count). The lowest BCUT2D eigenvalue weighted by Crippen LogP contribution is -2.25. The third-order valence-electron chi connectivity index (χ3n) is 1.96. The van der Waals surface area contributed by atoms with Gasteiger partial charge in [-0.2, -0.15) is 0 Å². The molecule has 3 N–H and O–H groups in total. The van der Waals surface area contributed by atoms with E-state index in [1.807, 2.05) is 0 Å². The Morgan fingerprint density at radius 3 is 2.56 bits per heavy atom. The van der Waals surface area contributed by atoms with Crippen molar-refractivity contribution in [2.75, 3.05) is 0 Å². The van der Waals surface area contributed by atoms with E-state index in [-0.39, 0.29) is 24.4 Å². The zero-order valence-corrected chi connectivity index (χ0v) is 8.16. The molecule has 0 saturated carbocycles. The number of hydrogen-bond donors (Lipinski definition) is 3. The van der Waals surface area contributed by atoms with Crippen molar-refractivity contribution in [2.24, 2.45) is 0 Å². The van der Waals surface area contributed by atoms with Crippen molar-refractivity contribution in [3.05, 3.63) is 23.8 Å². The molecule has 1 atom stereocenters. The Morgan fingerprint density at radius 1 is 1.38 bits per heavy atom. The number of carbonyl (C=O) groups is 2. The van der Waals surface area contributed by atoms with Gasteiger partial charge in [0.05, 0.1) is 0 Å². The quantitative estimate of drug-likeness (QED) is 0.491. The molecule has 0 saturated heterocycles. The van der Waals surface area contributed by atoms with Crippen LogP contribution in [0.15, 0.2) is 18.2 Å². The Balaban J connectivity index is 2.81. The number of benzene rings is 1. The van der Waals surface area contributed by atoms with Gasteiger partial charge in [-0.3, -0.25) is 4.79 Å². The first-order valence-electron chi connectivity index (χ1n) is 4.37. The van der Waals surface area contributed by atoms with Crippen LogP contribution in [0.5, 0.6) is 11.5 Å². The summed E-state index contributed by atoms with van der Waals surface area (Å²) in [7, 11) is 0. The predicted octanol–water partition coefficient (Wildman–Crippen LogP) is 0.266. The Labute approximate surface area is 90.7 Å². The Hall–Kier alpha value is -2.24. The number of carboxylic acids is 1. The van der Waals surface area contributed by atoms with Crippen molar-refractivity contribution in [3.8, 4) is 11.5 Å². The number of aromatic hydroxyl groups is 2. The zero-order valence-electron chi connectivity index (χ0n) is 8.16. The number of carbonyl (C=O) groups excluding carboxylic acids is 1. The summed E-state index contributed by atoms with van der Waals surface area (Å²) in [5, 5.41) is 26.9. The first-order valence-corrected chi connectivity index (χ1v) is 4.37. The molecule has 0 aliphatic carbocycles.